The Balaban J connectivity index is 1.88. The van der Waals surface area contributed by atoms with Gasteiger partial charge >= 0.3 is 0 Å². The molecule has 0 amide bonds. The van der Waals surface area contributed by atoms with E-state index in [9.17, 15) is 5.11 Å². The van der Waals surface area contributed by atoms with Crippen molar-refractivity contribution in [1.29, 1.82) is 0 Å². The molecule has 0 saturated carbocycles. The minimum atomic E-state index is 0.0948. The third-order valence-electron chi connectivity index (χ3n) is 3.68. The fourth-order valence-corrected chi connectivity index (χ4v) is 2.98. The minimum absolute atomic E-state index is 0.0948. The van der Waals surface area contributed by atoms with Crippen molar-refractivity contribution < 1.29 is 5.11 Å². The smallest absolute Gasteiger partial charge is 0.220 e. The third kappa shape index (κ3) is 3.81. The molecule has 3 aromatic rings. The van der Waals surface area contributed by atoms with E-state index in [1.54, 1.807) is 12.1 Å². The summed E-state index contributed by atoms with van der Waals surface area (Å²) in [6, 6.07) is 14.9. The SMILES string of the molecule is CCCn1c(O)c(N=NC(=S)Nc2cccc(Cl)c2)c2ccccc21. The fraction of sp³-hybridized carbons (Fsp3) is 0.167. The Labute approximate surface area is 156 Å². The monoisotopic (exact) mass is 372 g/mol. The van der Waals surface area contributed by atoms with Crippen molar-refractivity contribution in [2.24, 2.45) is 10.2 Å². The van der Waals surface area contributed by atoms with Crippen molar-refractivity contribution in [3.05, 3.63) is 53.6 Å². The van der Waals surface area contributed by atoms with Crippen LogP contribution in [0.25, 0.3) is 10.9 Å². The number of anilines is 1. The van der Waals surface area contributed by atoms with Crippen molar-refractivity contribution in [3.8, 4) is 5.88 Å². The summed E-state index contributed by atoms with van der Waals surface area (Å²) in [7, 11) is 0. The lowest BCUT2D eigenvalue weighted by Crippen LogP contribution is -2.04. The lowest BCUT2D eigenvalue weighted by molar-refractivity contribution is 0.421. The highest BCUT2D eigenvalue weighted by molar-refractivity contribution is 7.80. The summed E-state index contributed by atoms with van der Waals surface area (Å²) < 4.78 is 1.83. The number of hydrogen-bond acceptors (Lipinski definition) is 3. The van der Waals surface area contributed by atoms with Crippen LogP contribution in [0.1, 0.15) is 13.3 Å². The van der Waals surface area contributed by atoms with Gasteiger partial charge in [0.15, 0.2) is 5.69 Å². The van der Waals surface area contributed by atoms with Crippen LogP contribution < -0.4 is 5.32 Å². The molecule has 1 heterocycles. The van der Waals surface area contributed by atoms with Gasteiger partial charge in [-0.3, -0.25) is 0 Å². The highest BCUT2D eigenvalue weighted by atomic mass is 35.5. The summed E-state index contributed by atoms with van der Waals surface area (Å²) in [4.78, 5) is 0. The van der Waals surface area contributed by atoms with Crippen LogP contribution in [0, 0.1) is 0 Å². The second-order valence-electron chi connectivity index (χ2n) is 5.48. The zero-order valence-electron chi connectivity index (χ0n) is 13.6. The molecule has 0 atom stereocenters. The molecular weight excluding hydrogens is 356 g/mol. The first-order valence-electron chi connectivity index (χ1n) is 7.88. The number of benzene rings is 2. The van der Waals surface area contributed by atoms with E-state index in [1.807, 2.05) is 41.0 Å². The summed E-state index contributed by atoms with van der Waals surface area (Å²) >= 11 is 11.1. The fourth-order valence-electron chi connectivity index (χ4n) is 2.63. The van der Waals surface area contributed by atoms with Crippen molar-refractivity contribution in [2.75, 3.05) is 5.32 Å². The normalized spacial score (nSPS) is 11.3. The molecule has 0 fully saturated rings. The molecule has 7 heteroatoms. The maximum Gasteiger partial charge on any atom is 0.220 e. The Morgan fingerprint density at radius 1 is 1.24 bits per heavy atom. The Kier molecular flexibility index (Phi) is 5.31. The Hall–Kier alpha value is -2.44. The van der Waals surface area contributed by atoms with E-state index in [-0.39, 0.29) is 11.0 Å². The number of hydrogen-bond donors (Lipinski definition) is 2. The maximum atomic E-state index is 10.5. The maximum absolute atomic E-state index is 10.5. The standard InChI is InChI=1S/C18H17ClN4OS/c1-2-10-23-15-9-4-3-8-14(15)16(17(23)24)21-22-18(25)20-13-7-5-6-12(19)11-13/h3-9,11,24H,2,10H2,1H3,(H,20,25). The average Bonchev–Trinajstić information content (AvgIpc) is 2.86. The number of aromatic hydroxyl groups is 1. The summed E-state index contributed by atoms with van der Waals surface area (Å²) in [5, 5.41) is 23.3. The first kappa shape index (κ1) is 17.4. The number of thiocarbonyl (C=S) groups is 1. The number of azo groups is 1. The first-order valence-corrected chi connectivity index (χ1v) is 8.67. The predicted octanol–water partition coefficient (Wildman–Crippen LogP) is 5.89. The van der Waals surface area contributed by atoms with E-state index >= 15 is 0 Å². The second kappa shape index (κ2) is 7.63. The molecule has 2 aromatic carbocycles. The van der Waals surface area contributed by atoms with Crippen LogP contribution in [0.3, 0.4) is 0 Å². The predicted molar refractivity (Wildman–Crippen MR) is 106 cm³/mol. The lowest BCUT2D eigenvalue weighted by atomic mass is 10.2. The van der Waals surface area contributed by atoms with Crippen molar-refractivity contribution in [1.82, 2.24) is 4.57 Å². The second-order valence-corrected chi connectivity index (χ2v) is 6.30. The number of aryl methyl sites for hydroxylation is 1. The van der Waals surface area contributed by atoms with E-state index in [2.05, 4.69) is 22.5 Å². The molecule has 25 heavy (non-hydrogen) atoms. The third-order valence-corrected chi connectivity index (χ3v) is 4.10. The number of rotatable bonds is 4. The van der Waals surface area contributed by atoms with Crippen LogP contribution in [-0.4, -0.2) is 14.8 Å². The largest absolute Gasteiger partial charge is 0.493 e. The van der Waals surface area contributed by atoms with Gasteiger partial charge in [-0.05, 0) is 42.9 Å². The number of fused-ring (bicyclic) bond motifs is 1. The summed E-state index contributed by atoms with van der Waals surface area (Å²) in [5.74, 6) is 0.0948. The van der Waals surface area contributed by atoms with Gasteiger partial charge in [0, 0.05) is 22.6 Å². The van der Waals surface area contributed by atoms with Gasteiger partial charge in [0.2, 0.25) is 11.0 Å². The van der Waals surface area contributed by atoms with Crippen molar-refractivity contribution in [3.63, 3.8) is 0 Å². The average molecular weight is 373 g/mol. The number of halogens is 1. The number of para-hydroxylation sites is 1. The highest BCUT2D eigenvalue weighted by Gasteiger charge is 2.15. The molecule has 2 N–H and O–H groups in total. The van der Waals surface area contributed by atoms with Crippen LogP contribution in [0.5, 0.6) is 5.88 Å². The van der Waals surface area contributed by atoms with Gasteiger partial charge in [-0.1, -0.05) is 42.8 Å². The van der Waals surface area contributed by atoms with E-state index in [0.29, 0.717) is 17.3 Å². The number of aromatic nitrogens is 1. The van der Waals surface area contributed by atoms with Gasteiger partial charge in [-0.25, -0.2) is 0 Å². The van der Waals surface area contributed by atoms with Gasteiger partial charge in [-0.15, -0.1) is 10.2 Å². The number of nitrogens with one attached hydrogen (secondary N) is 1. The van der Waals surface area contributed by atoms with Crippen LogP contribution in [0.15, 0.2) is 58.8 Å². The zero-order chi connectivity index (χ0) is 17.8. The molecule has 3 rings (SSSR count). The molecular formula is C18H17ClN4OS. The molecule has 128 valence electrons. The molecule has 0 aliphatic rings. The quantitative estimate of drug-likeness (QED) is 0.443. The molecule has 0 unspecified atom stereocenters. The number of nitrogens with zero attached hydrogens (tertiary/aromatic N) is 3. The van der Waals surface area contributed by atoms with E-state index in [1.165, 1.54) is 0 Å². The van der Waals surface area contributed by atoms with Crippen LogP contribution >= 0.6 is 23.8 Å². The minimum Gasteiger partial charge on any atom is -0.493 e. The van der Waals surface area contributed by atoms with Crippen LogP contribution in [-0.2, 0) is 6.54 Å². The Bertz CT molecular complexity index is 951. The van der Waals surface area contributed by atoms with E-state index < -0.39 is 0 Å². The summed E-state index contributed by atoms with van der Waals surface area (Å²) in [6.07, 6.45) is 0.900. The summed E-state index contributed by atoms with van der Waals surface area (Å²) in [6.45, 7) is 2.76. The van der Waals surface area contributed by atoms with Gasteiger partial charge in [-0.2, -0.15) is 0 Å². The summed E-state index contributed by atoms with van der Waals surface area (Å²) in [5.41, 5.74) is 2.07. The van der Waals surface area contributed by atoms with Gasteiger partial charge in [0.05, 0.1) is 5.52 Å². The van der Waals surface area contributed by atoms with Gasteiger partial charge in [0.1, 0.15) is 0 Å². The van der Waals surface area contributed by atoms with Crippen LogP contribution in [0.2, 0.25) is 5.02 Å². The molecule has 0 aliphatic carbocycles. The molecule has 0 saturated heterocycles. The Morgan fingerprint density at radius 3 is 2.80 bits per heavy atom. The molecule has 0 bridgehead atoms. The lowest BCUT2D eigenvalue weighted by Gasteiger charge is -2.04. The molecule has 1 aromatic heterocycles. The van der Waals surface area contributed by atoms with Crippen molar-refractivity contribution >= 4 is 51.2 Å². The van der Waals surface area contributed by atoms with Gasteiger partial charge < -0.3 is 15.0 Å². The molecule has 0 spiro atoms. The molecule has 0 aliphatic heterocycles. The highest BCUT2D eigenvalue weighted by Crippen LogP contribution is 2.38. The Morgan fingerprint density at radius 2 is 2.04 bits per heavy atom. The molecule has 0 radical (unpaired) electrons. The van der Waals surface area contributed by atoms with E-state index in [4.69, 9.17) is 23.8 Å². The molecule has 5 nitrogen and oxygen atoms in total. The van der Waals surface area contributed by atoms with Crippen LogP contribution in [0.4, 0.5) is 11.4 Å². The zero-order valence-corrected chi connectivity index (χ0v) is 15.2. The van der Waals surface area contributed by atoms with Gasteiger partial charge in [0.25, 0.3) is 0 Å². The first-order chi connectivity index (χ1) is 12.1. The van der Waals surface area contributed by atoms with E-state index in [0.717, 1.165) is 23.0 Å². The topological polar surface area (TPSA) is 61.9 Å². The van der Waals surface area contributed by atoms with Crippen molar-refractivity contribution in [2.45, 2.75) is 19.9 Å².